The van der Waals surface area contributed by atoms with Gasteiger partial charge in [0.1, 0.15) is 10.9 Å². The van der Waals surface area contributed by atoms with Crippen molar-refractivity contribution in [2.24, 2.45) is 0 Å². The summed E-state index contributed by atoms with van der Waals surface area (Å²) in [5, 5.41) is 0. The number of esters is 1. The molecule has 0 aliphatic carbocycles. The first-order valence-electron chi connectivity index (χ1n) is 5.69. The second-order valence-electron chi connectivity index (χ2n) is 4.30. The van der Waals surface area contributed by atoms with Gasteiger partial charge < -0.3 is 14.2 Å². The van der Waals surface area contributed by atoms with Gasteiger partial charge >= 0.3 is 5.97 Å². The Kier molecular flexibility index (Phi) is 4.37. The van der Waals surface area contributed by atoms with E-state index in [0.29, 0.717) is 13.2 Å². The second-order valence-corrected chi connectivity index (χ2v) is 5.98. The van der Waals surface area contributed by atoms with Gasteiger partial charge in [0.25, 0.3) is 0 Å². The molecule has 1 aromatic rings. The lowest BCUT2D eigenvalue weighted by atomic mass is 10.1. The van der Waals surface area contributed by atoms with Gasteiger partial charge in [-0.3, -0.25) is 4.79 Å². The predicted molar refractivity (Wildman–Crippen MR) is 69.4 cm³/mol. The predicted octanol–water partition coefficient (Wildman–Crippen LogP) is 2.43. The molecule has 5 heteroatoms. The van der Waals surface area contributed by atoms with Gasteiger partial charge in [-0.1, -0.05) is 46.3 Å². The first kappa shape index (κ1) is 13.5. The van der Waals surface area contributed by atoms with E-state index in [2.05, 4.69) is 15.9 Å². The van der Waals surface area contributed by atoms with Crippen molar-refractivity contribution in [1.82, 2.24) is 0 Å². The standard InChI is InChI=1S/C13H15BrO4/c1-10(15)16-7-13(14)8-17-12(18-9-13)11-5-3-2-4-6-11/h2-6,12H,7-9H2,1H3. The minimum atomic E-state index is -0.454. The Labute approximate surface area is 114 Å². The molecular weight excluding hydrogens is 300 g/mol. The van der Waals surface area contributed by atoms with E-state index in [-0.39, 0.29) is 18.9 Å². The molecule has 98 valence electrons. The molecule has 0 atom stereocenters. The maximum absolute atomic E-state index is 10.8. The molecule has 0 spiro atoms. The summed E-state index contributed by atoms with van der Waals surface area (Å²) in [6, 6.07) is 9.74. The van der Waals surface area contributed by atoms with Crippen LogP contribution in [0.3, 0.4) is 0 Å². The third-order valence-corrected chi connectivity index (χ3v) is 3.28. The van der Waals surface area contributed by atoms with Crippen LogP contribution in [0.4, 0.5) is 0 Å². The number of hydrogen-bond donors (Lipinski definition) is 0. The van der Waals surface area contributed by atoms with E-state index < -0.39 is 4.32 Å². The van der Waals surface area contributed by atoms with Crippen molar-refractivity contribution in [3.05, 3.63) is 35.9 Å². The molecule has 18 heavy (non-hydrogen) atoms. The Morgan fingerprint density at radius 1 is 1.39 bits per heavy atom. The lowest BCUT2D eigenvalue weighted by molar-refractivity contribution is -0.201. The van der Waals surface area contributed by atoms with Crippen molar-refractivity contribution in [2.45, 2.75) is 17.5 Å². The first-order chi connectivity index (χ1) is 8.59. The van der Waals surface area contributed by atoms with E-state index in [1.165, 1.54) is 6.92 Å². The summed E-state index contributed by atoms with van der Waals surface area (Å²) in [7, 11) is 0. The number of carbonyl (C=O) groups is 1. The number of ether oxygens (including phenoxy) is 3. The van der Waals surface area contributed by atoms with Gasteiger partial charge in [0.2, 0.25) is 0 Å². The average molecular weight is 315 g/mol. The zero-order valence-electron chi connectivity index (χ0n) is 10.1. The van der Waals surface area contributed by atoms with Gasteiger partial charge in [0, 0.05) is 12.5 Å². The zero-order chi connectivity index (χ0) is 13.0. The Bertz CT molecular complexity index is 399. The molecule has 1 aliphatic heterocycles. The van der Waals surface area contributed by atoms with Crippen LogP contribution in [0.2, 0.25) is 0 Å². The van der Waals surface area contributed by atoms with E-state index in [4.69, 9.17) is 14.2 Å². The molecule has 4 nitrogen and oxygen atoms in total. The smallest absolute Gasteiger partial charge is 0.302 e. The van der Waals surface area contributed by atoms with Crippen LogP contribution in [0.1, 0.15) is 18.8 Å². The summed E-state index contributed by atoms with van der Waals surface area (Å²) in [5.41, 5.74) is 0.986. The number of hydrogen-bond acceptors (Lipinski definition) is 4. The molecule has 0 radical (unpaired) electrons. The van der Waals surface area contributed by atoms with Crippen LogP contribution < -0.4 is 0 Å². The lowest BCUT2D eigenvalue weighted by Gasteiger charge is -2.35. The molecule has 0 amide bonds. The summed E-state index contributed by atoms with van der Waals surface area (Å²) in [5.74, 6) is -0.306. The molecule has 0 bridgehead atoms. The Morgan fingerprint density at radius 2 is 2.00 bits per heavy atom. The number of alkyl halides is 1. The highest BCUT2D eigenvalue weighted by Crippen LogP contribution is 2.31. The van der Waals surface area contributed by atoms with Crippen LogP contribution in [-0.4, -0.2) is 30.1 Å². The Morgan fingerprint density at radius 3 is 2.56 bits per heavy atom. The van der Waals surface area contributed by atoms with E-state index in [1.807, 2.05) is 30.3 Å². The Balaban J connectivity index is 1.89. The second kappa shape index (κ2) is 5.82. The van der Waals surface area contributed by atoms with Crippen LogP contribution in [0.5, 0.6) is 0 Å². The maximum atomic E-state index is 10.8. The van der Waals surface area contributed by atoms with Crippen molar-refractivity contribution in [1.29, 1.82) is 0 Å². The van der Waals surface area contributed by atoms with Gasteiger partial charge in [-0.2, -0.15) is 0 Å². The summed E-state index contributed by atoms with van der Waals surface area (Å²) in [6.07, 6.45) is -0.353. The molecule has 0 unspecified atom stereocenters. The van der Waals surface area contributed by atoms with E-state index in [1.54, 1.807) is 0 Å². The molecule has 0 saturated carbocycles. The van der Waals surface area contributed by atoms with Gasteiger partial charge in [0.15, 0.2) is 6.29 Å². The first-order valence-corrected chi connectivity index (χ1v) is 6.49. The van der Waals surface area contributed by atoms with E-state index >= 15 is 0 Å². The quantitative estimate of drug-likeness (QED) is 0.635. The van der Waals surface area contributed by atoms with E-state index in [0.717, 1.165) is 5.56 Å². The highest BCUT2D eigenvalue weighted by molar-refractivity contribution is 9.10. The number of benzene rings is 1. The fourth-order valence-electron chi connectivity index (χ4n) is 1.66. The van der Waals surface area contributed by atoms with Gasteiger partial charge in [0.05, 0.1) is 13.2 Å². The molecule has 1 fully saturated rings. The summed E-state index contributed by atoms with van der Waals surface area (Å²) < 4.78 is 15.8. The maximum Gasteiger partial charge on any atom is 0.302 e. The van der Waals surface area contributed by atoms with Crippen LogP contribution >= 0.6 is 15.9 Å². The van der Waals surface area contributed by atoms with Gasteiger partial charge in [-0.25, -0.2) is 0 Å². The monoisotopic (exact) mass is 314 g/mol. The molecule has 0 N–H and O–H groups in total. The fourth-order valence-corrected chi connectivity index (χ4v) is 2.04. The van der Waals surface area contributed by atoms with Crippen molar-refractivity contribution >= 4 is 21.9 Å². The van der Waals surface area contributed by atoms with Gasteiger partial charge in [-0.15, -0.1) is 0 Å². The summed E-state index contributed by atoms with van der Waals surface area (Å²) >= 11 is 3.50. The minimum absolute atomic E-state index is 0.240. The molecule has 1 aliphatic rings. The third-order valence-electron chi connectivity index (χ3n) is 2.59. The van der Waals surface area contributed by atoms with Crippen molar-refractivity contribution in [3.63, 3.8) is 0 Å². The van der Waals surface area contributed by atoms with Crippen molar-refractivity contribution in [2.75, 3.05) is 19.8 Å². The number of carbonyl (C=O) groups excluding carboxylic acids is 1. The summed E-state index contributed by atoms with van der Waals surface area (Å²) in [6.45, 7) is 2.48. The number of rotatable bonds is 3. The minimum Gasteiger partial charge on any atom is -0.464 e. The molecule has 1 aromatic carbocycles. The van der Waals surface area contributed by atoms with Crippen LogP contribution in [-0.2, 0) is 19.0 Å². The molecular formula is C13H15BrO4. The largest absolute Gasteiger partial charge is 0.464 e. The topological polar surface area (TPSA) is 44.8 Å². The lowest BCUT2D eigenvalue weighted by Crippen LogP contribution is -2.43. The molecule has 0 aromatic heterocycles. The van der Waals surface area contributed by atoms with Crippen LogP contribution in [0, 0.1) is 0 Å². The van der Waals surface area contributed by atoms with E-state index in [9.17, 15) is 4.79 Å². The van der Waals surface area contributed by atoms with Gasteiger partial charge in [-0.05, 0) is 0 Å². The molecule has 1 heterocycles. The van der Waals surface area contributed by atoms with Crippen LogP contribution in [0.15, 0.2) is 30.3 Å². The third kappa shape index (κ3) is 3.54. The highest BCUT2D eigenvalue weighted by Gasteiger charge is 2.36. The Hall–Kier alpha value is -0.910. The average Bonchev–Trinajstić information content (AvgIpc) is 2.39. The SMILES string of the molecule is CC(=O)OCC1(Br)COC(c2ccccc2)OC1. The molecule has 1 saturated heterocycles. The normalized spacial score (nSPS) is 27.8. The van der Waals surface area contributed by atoms with Crippen molar-refractivity contribution < 1.29 is 19.0 Å². The number of halogens is 1. The van der Waals surface area contributed by atoms with Crippen molar-refractivity contribution in [3.8, 4) is 0 Å². The zero-order valence-corrected chi connectivity index (χ0v) is 11.7. The molecule has 2 rings (SSSR count). The summed E-state index contributed by atoms with van der Waals surface area (Å²) in [4.78, 5) is 10.8. The van der Waals surface area contributed by atoms with Crippen LogP contribution in [0.25, 0.3) is 0 Å². The fraction of sp³-hybridized carbons (Fsp3) is 0.462. The highest BCUT2D eigenvalue weighted by atomic mass is 79.9.